The average Bonchev–Trinajstić information content (AvgIpc) is 2.76. The standard InChI is InChI=1S/C25H32N4O/c1-2-3-4-7-20-8-10-22(11-9-20)25-23-17-28(16-21-14-26-19-27-15-21)12-5-6-13-29(23)24(25)18-30/h8-11,14-15,19,23-25,30H,2-3,5-6,12-13,16-18H2,1H3/t23-,24-,25+/m0/s1. The summed E-state index contributed by atoms with van der Waals surface area (Å²) in [5, 5.41) is 10.1. The van der Waals surface area contributed by atoms with E-state index in [1.165, 1.54) is 18.4 Å². The second kappa shape index (κ2) is 10.2. The van der Waals surface area contributed by atoms with E-state index < -0.39 is 0 Å². The van der Waals surface area contributed by atoms with Crippen LogP contribution in [-0.2, 0) is 6.54 Å². The molecule has 3 heterocycles. The summed E-state index contributed by atoms with van der Waals surface area (Å²) in [5.41, 5.74) is 3.56. The van der Waals surface area contributed by atoms with Crippen LogP contribution >= 0.6 is 0 Å². The zero-order chi connectivity index (χ0) is 20.8. The summed E-state index contributed by atoms with van der Waals surface area (Å²) in [6, 6.07) is 9.36. The molecule has 3 atom stereocenters. The van der Waals surface area contributed by atoms with Crippen molar-refractivity contribution in [3.8, 4) is 11.8 Å². The highest BCUT2D eigenvalue weighted by Crippen LogP contribution is 2.42. The number of aliphatic hydroxyl groups is 1. The minimum absolute atomic E-state index is 0.214. The Morgan fingerprint density at radius 2 is 1.87 bits per heavy atom. The predicted octanol–water partition coefficient (Wildman–Crippen LogP) is 3.05. The highest BCUT2D eigenvalue weighted by molar-refractivity contribution is 5.39. The molecule has 158 valence electrons. The monoisotopic (exact) mass is 404 g/mol. The summed E-state index contributed by atoms with van der Waals surface area (Å²) < 4.78 is 0. The Bertz CT molecular complexity index is 858. The van der Waals surface area contributed by atoms with Crippen molar-refractivity contribution < 1.29 is 5.11 Å². The van der Waals surface area contributed by atoms with Gasteiger partial charge in [-0.3, -0.25) is 9.80 Å². The topological polar surface area (TPSA) is 52.5 Å². The Hall–Kier alpha value is -2.26. The highest BCUT2D eigenvalue weighted by Gasteiger charge is 2.48. The maximum Gasteiger partial charge on any atom is 0.115 e. The van der Waals surface area contributed by atoms with E-state index in [0.29, 0.717) is 12.0 Å². The molecule has 0 bridgehead atoms. The fourth-order valence-electron chi connectivity index (χ4n) is 4.90. The van der Waals surface area contributed by atoms with E-state index >= 15 is 0 Å². The van der Waals surface area contributed by atoms with Crippen molar-refractivity contribution in [1.82, 2.24) is 19.8 Å². The molecule has 30 heavy (non-hydrogen) atoms. The number of hydrogen-bond donors (Lipinski definition) is 1. The van der Waals surface area contributed by atoms with E-state index in [2.05, 4.69) is 62.8 Å². The zero-order valence-electron chi connectivity index (χ0n) is 17.9. The van der Waals surface area contributed by atoms with Crippen molar-refractivity contribution >= 4 is 0 Å². The number of benzene rings is 1. The van der Waals surface area contributed by atoms with Gasteiger partial charge in [0.1, 0.15) is 6.33 Å². The third-order valence-corrected chi connectivity index (χ3v) is 6.38. The smallest absolute Gasteiger partial charge is 0.115 e. The van der Waals surface area contributed by atoms with E-state index in [9.17, 15) is 5.11 Å². The van der Waals surface area contributed by atoms with Gasteiger partial charge in [-0.2, -0.15) is 0 Å². The predicted molar refractivity (Wildman–Crippen MR) is 119 cm³/mol. The van der Waals surface area contributed by atoms with Crippen LogP contribution in [0.3, 0.4) is 0 Å². The first kappa shape index (κ1) is 21.0. The molecule has 0 saturated carbocycles. The fourth-order valence-corrected chi connectivity index (χ4v) is 4.90. The van der Waals surface area contributed by atoms with Gasteiger partial charge in [0.05, 0.1) is 6.61 Å². The fraction of sp³-hybridized carbons (Fsp3) is 0.520. The van der Waals surface area contributed by atoms with E-state index in [1.54, 1.807) is 6.33 Å². The second-order valence-corrected chi connectivity index (χ2v) is 8.44. The number of nitrogens with zero attached hydrogens (tertiary/aromatic N) is 4. The molecule has 2 fully saturated rings. The number of aliphatic hydroxyl groups excluding tert-OH is 1. The first-order chi connectivity index (χ1) is 14.8. The van der Waals surface area contributed by atoms with Gasteiger partial charge in [-0.1, -0.05) is 30.9 Å². The van der Waals surface area contributed by atoms with Gasteiger partial charge in [0.2, 0.25) is 0 Å². The van der Waals surface area contributed by atoms with Crippen molar-refractivity contribution in [2.24, 2.45) is 0 Å². The van der Waals surface area contributed by atoms with E-state index in [1.807, 2.05) is 12.4 Å². The lowest BCUT2D eigenvalue weighted by Gasteiger charge is -2.57. The van der Waals surface area contributed by atoms with Gasteiger partial charge in [0.15, 0.2) is 0 Å². The number of aromatic nitrogens is 2. The molecule has 2 aliphatic rings. The Labute approximate surface area is 180 Å². The Kier molecular flexibility index (Phi) is 7.11. The van der Waals surface area contributed by atoms with E-state index in [4.69, 9.17) is 0 Å². The van der Waals surface area contributed by atoms with Gasteiger partial charge in [-0.15, -0.1) is 0 Å². The van der Waals surface area contributed by atoms with Crippen molar-refractivity contribution in [2.75, 3.05) is 26.2 Å². The first-order valence-corrected chi connectivity index (χ1v) is 11.2. The van der Waals surface area contributed by atoms with Gasteiger partial charge >= 0.3 is 0 Å². The molecule has 4 rings (SSSR count). The zero-order valence-corrected chi connectivity index (χ0v) is 17.9. The number of unbranched alkanes of at least 4 members (excludes halogenated alkanes) is 1. The minimum Gasteiger partial charge on any atom is -0.395 e. The maximum atomic E-state index is 10.1. The lowest BCUT2D eigenvalue weighted by molar-refractivity contribution is -0.0655. The van der Waals surface area contributed by atoms with Crippen LogP contribution in [0.1, 0.15) is 55.2 Å². The molecule has 1 N–H and O–H groups in total. The molecule has 0 radical (unpaired) electrons. The van der Waals surface area contributed by atoms with Crippen molar-refractivity contribution in [3.05, 3.63) is 59.7 Å². The lowest BCUT2D eigenvalue weighted by atomic mass is 9.74. The first-order valence-electron chi connectivity index (χ1n) is 11.2. The lowest BCUT2D eigenvalue weighted by Crippen LogP contribution is -2.67. The average molecular weight is 405 g/mol. The van der Waals surface area contributed by atoms with Crippen LogP contribution in [0.2, 0.25) is 0 Å². The molecule has 5 heteroatoms. The van der Waals surface area contributed by atoms with E-state index in [0.717, 1.165) is 50.1 Å². The van der Waals surface area contributed by atoms with Crippen molar-refractivity contribution in [2.45, 2.75) is 57.2 Å². The Morgan fingerprint density at radius 1 is 1.10 bits per heavy atom. The van der Waals surface area contributed by atoms with Crippen molar-refractivity contribution in [3.63, 3.8) is 0 Å². The number of hydrogen-bond acceptors (Lipinski definition) is 5. The third-order valence-electron chi connectivity index (χ3n) is 6.38. The Morgan fingerprint density at radius 3 is 2.60 bits per heavy atom. The largest absolute Gasteiger partial charge is 0.395 e. The number of rotatable bonds is 5. The van der Waals surface area contributed by atoms with Crippen LogP contribution in [0.15, 0.2) is 43.0 Å². The van der Waals surface area contributed by atoms with Crippen LogP contribution in [0.5, 0.6) is 0 Å². The van der Waals surface area contributed by atoms with Crippen molar-refractivity contribution in [1.29, 1.82) is 0 Å². The molecule has 5 nitrogen and oxygen atoms in total. The minimum atomic E-state index is 0.214. The SMILES string of the molecule is CCCC#Cc1ccc([C@H]2[C@H](CO)N3CCCCN(Cc4cncnc4)C[C@@H]23)cc1. The van der Waals surface area contributed by atoms with Crippen LogP contribution in [-0.4, -0.2) is 63.2 Å². The molecule has 0 spiro atoms. The van der Waals surface area contributed by atoms with Gasteiger partial charge in [0.25, 0.3) is 0 Å². The molecular formula is C25H32N4O. The number of fused-ring (bicyclic) bond motifs is 1. The quantitative estimate of drug-likeness (QED) is 0.777. The molecule has 2 aliphatic heterocycles. The molecule has 1 aromatic carbocycles. The molecule has 0 unspecified atom stereocenters. The summed E-state index contributed by atoms with van der Waals surface area (Å²) in [5.74, 6) is 6.84. The van der Waals surface area contributed by atoms with Crippen LogP contribution in [0.25, 0.3) is 0 Å². The maximum absolute atomic E-state index is 10.1. The highest BCUT2D eigenvalue weighted by atomic mass is 16.3. The molecular weight excluding hydrogens is 372 g/mol. The normalized spacial score (nSPS) is 24.7. The third kappa shape index (κ3) is 4.73. The van der Waals surface area contributed by atoms with Gasteiger partial charge < -0.3 is 5.11 Å². The summed E-state index contributed by atoms with van der Waals surface area (Å²) in [6.45, 7) is 6.43. The molecule has 2 saturated heterocycles. The van der Waals surface area contributed by atoms with Crippen LogP contribution in [0.4, 0.5) is 0 Å². The molecule has 0 aliphatic carbocycles. The summed E-state index contributed by atoms with van der Waals surface area (Å²) in [6.07, 6.45) is 9.80. The van der Waals surface area contributed by atoms with Gasteiger partial charge in [-0.25, -0.2) is 9.97 Å². The summed E-state index contributed by atoms with van der Waals surface area (Å²) >= 11 is 0. The Balaban J connectivity index is 1.50. The van der Waals surface area contributed by atoms with Crippen LogP contribution < -0.4 is 0 Å². The molecule has 1 aromatic heterocycles. The molecule has 0 amide bonds. The summed E-state index contributed by atoms with van der Waals surface area (Å²) in [7, 11) is 0. The van der Waals surface area contributed by atoms with E-state index in [-0.39, 0.29) is 12.6 Å². The second-order valence-electron chi connectivity index (χ2n) is 8.44. The van der Waals surface area contributed by atoms with Gasteiger partial charge in [0, 0.05) is 61.0 Å². The van der Waals surface area contributed by atoms with Gasteiger partial charge in [-0.05, 0) is 50.0 Å². The van der Waals surface area contributed by atoms with Crippen LogP contribution in [0, 0.1) is 11.8 Å². The molecule has 2 aromatic rings. The summed E-state index contributed by atoms with van der Waals surface area (Å²) in [4.78, 5) is 13.4.